The van der Waals surface area contributed by atoms with Crippen LogP contribution in [0.1, 0.15) is 23.7 Å². The van der Waals surface area contributed by atoms with Crippen molar-refractivity contribution in [3.63, 3.8) is 0 Å². The number of nitrogens with zero attached hydrogens (tertiary/aromatic N) is 4. The molecule has 0 spiro atoms. The van der Waals surface area contributed by atoms with Crippen molar-refractivity contribution in [1.82, 2.24) is 25.0 Å². The summed E-state index contributed by atoms with van der Waals surface area (Å²) in [4.78, 5) is 47.6. The molecule has 4 heterocycles. The van der Waals surface area contributed by atoms with E-state index in [0.717, 1.165) is 0 Å². The van der Waals surface area contributed by atoms with Gasteiger partial charge in [-0.2, -0.15) is 0 Å². The standard InChI is InChI=1S/C19H25N5O4/c1-12(25)23-6-7-24-14(10-23)11-28-18-15(4-3-5-20-18)17(26)21-13-8-16(19(24)27)22(2)9-13/h3-5,13-14,16H,6-11H2,1-2H3,(H,21,26)/t13-,14-,16-/m0/s1. The van der Waals surface area contributed by atoms with Gasteiger partial charge in [0.1, 0.15) is 12.2 Å². The van der Waals surface area contributed by atoms with Crippen molar-refractivity contribution in [2.45, 2.75) is 31.5 Å². The molecule has 0 aromatic carbocycles. The summed E-state index contributed by atoms with van der Waals surface area (Å²) in [6.45, 7) is 3.72. The van der Waals surface area contributed by atoms with Crippen molar-refractivity contribution in [1.29, 1.82) is 0 Å². The molecule has 3 aliphatic heterocycles. The van der Waals surface area contributed by atoms with Crippen LogP contribution < -0.4 is 10.1 Å². The number of carbonyl (C=O) groups excluding carboxylic acids is 3. The molecule has 28 heavy (non-hydrogen) atoms. The monoisotopic (exact) mass is 387 g/mol. The molecule has 2 fully saturated rings. The van der Waals surface area contributed by atoms with Crippen molar-refractivity contribution < 1.29 is 19.1 Å². The molecule has 2 saturated heterocycles. The van der Waals surface area contributed by atoms with Crippen molar-refractivity contribution in [3.8, 4) is 5.88 Å². The van der Waals surface area contributed by atoms with Crippen LogP contribution in [0, 0.1) is 0 Å². The first-order valence-corrected chi connectivity index (χ1v) is 9.59. The molecule has 0 unspecified atom stereocenters. The second kappa shape index (κ2) is 7.38. The van der Waals surface area contributed by atoms with Crippen LogP contribution in [0.3, 0.4) is 0 Å². The van der Waals surface area contributed by atoms with Crippen LogP contribution in [0.2, 0.25) is 0 Å². The summed E-state index contributed by atoms with van der Waals surface area (Å²) in [6.07, 6.45) is 2.14. The number of ether oxygens (including phenoxy) is 1. The summed E-state index contributed by atoms with van der Waals surface area (Å²) in [6, 6.07) is 2.70. The molecular formula is C19H25N5O4. The van der Waals surface area contributed by atoms with Crippen LogP contribution >= 0.6 is 0 Å². The molecule has 3 aliphatic rings. The highest BCUT2D eigenvalue weighted by Gasteiger charge is 2.42. The van der Waals surface area contributed by atoms with Crippen molar-refractivity contribution in [2.24, 2.45) is 0 Å². The number of likely N-dealkylation sites (tertiary alicyclic amines) is 1. The Morgan fingerprint density at radius 1 is 1.29 bits per heavy atom. The minimum Gasteiger partial charge on any atom is -0.475 e. The van der Waals surface area contributed by atoms with Crippen LogP contribution in [-0.2, 0) is 9.59 Å². The third-order valence-electron chi connectivity index (χ3n) is 5.81. The summed E-state index contributed by atoms with van der Waals surface area (Å²) in [7, 11) is 1.90. The van der Waals surface area contributed by atoms with Gasteiger partial charge >= 0.3 is 0 Å². The number of hydrogen-bond acceptors (Lipinski definition) is 6. The molecule has 0 saturated carbocycles. The van der Waals surface area contributed by atoms with Gasteiger partial charge in [0, 0.05) is 45.3 Å². The molecular weight excluding hydrogens is 362 g/mol. The van der Waals surface area contributed by atoms with Gasteiger partial charge in [-0.25, -0.2) is 4.98 Å². The number of fused-ring (bicyclic) bond motifs is 4. The predicted octanol–water partition coefficient (Wildman–Crippen LogP) is -0.664. The fourth-order valence-corrected chi connectivity index (χ4v) is 4.28. The Hall–Kier alpha value is -2.68. The van der Waals surface area contributed by atoms with Crippen molar-refractivity contribution in [3.05, 3.63) is 23.9 Å². The summed E-state index contributed by atoms with van der Waals surface area (Å²) in [5.74, 6) is 0.00360. The summed E-state index contributed by atoms with van der Waals surface area (Å²) >= 11 is 0. The lowest BCUT2D eigenvalue weighted by molar-refractivity contribution is -0.146. The first-order valence-electron chi connectivity index (χ1n) is 9.59. The third-order valence-corrected chi connectivity index (χ3v) is 5.81. The van der Waals surface area contributed by atoms with E-state index < -0.39 is 0 Å². The predicted molar refractivity (Wildman–Crippen MR) is 99.8 cm³/mol. The Balaban J connectivity index is 1.68. The van der Waals surface area contributed by atoms with E-state index in [2.05, 4.69) is 10.3 Å². The van der Waals surface area contributed by atoms with E-state index in [1.54, 1.807) is 23.2 Å². The number of nitrogens with one attached hydrogen (secondary N) is 1. The first kappa shape index (κ1) is 18.7. The Kier molecular flexibility index (Phi) is 4.92. The number of rotatable bonds is 0. The number of likely N-dealkylation sites (N-methyl/N-ethyl adjacent to an activating group) is 1. The largest absolute Gasteiger partial charge is 0.475 e. The lowest BCUT2D eigenvalue weighted by Crippen LogP contribution is -2.61. The highest BCUT2D eigenvalue weighted by Crippen LogP contribution is 2.24. The summed E-state index contributed by atoms with van der Waals surface area (Å²) in [5, 5.41) is 3.00. The Morgan fingerprint density at radius 3 is 2.89 bits per heavy atom. The second-order valence-electron chi connectivity index (χ2n) is 7.68. The topological polar surface area (TPSA) is 95.1 Å². The minimum atomic E-state index is -0.288. The van der Waals surface area contributed by atoms with Gasteiger partial charge in [-0.3, -0.25) is 19.3 Å². The highest BCUT2D eigenvalue weighted by molar-refractivity contribution is 5.96. The number of carbonyl (C=O) groups is 3. The zero-order valence-corrected chi connectivity index (χ0v) is 16.1. The van der Waals surface area contributed by atoms with E-state index in [0.29, 0.717) is 38.2 Å². The smallest absolute Gasteiger partial charge is 0.257 e. The van der Waals surface area contributed by atoms with Crippen LogP contribution in [-0.4, -0.2) is 95.4 Å². The molecule has 3 atom stereocenters. The SMILES string of the molecule is CC(=O)N1CCN2C(=O)[C@@H]3C[C@@H](CN3C)NC(=O)c3cccnc3OC[C@@H]2C1. The van der Waals surface area contributed by atoms with Gasteiger partial charge in [-0.05, 0) is 25.6 Å². The molecule has 0 radical (unpaired) electrons. The molecule has 9 nitrogen and oxygen atoms in total. The average molecular weight is 387 g/mol. The molecule has 9 heteroatoms. The molecule has 1 aromatic rings. The number of piperazine rings is 1. The maximum atomic E-state index is 13.3. The number of amides is 3. The van der Waals surface area contributed by atoms with E-state index in [1.165, 1.54) is 6.92 Å². The molecule has 1 aromatic heterocycles. The lowest BCUT2D eigenvalue weighted by atomic mass is 10.1. The van der Waals surface area contributed by atoms with Gasteiger partial charge < -0.3 is 19.9 Å². The highest BCUT2D eigenvalue weighted by atomic mass is 16.5. The average Bonchev–Trinajstić information content (AvgIpc) is 3.05. The molecule has 4 rings (SSSR count). The summed E-state index contributed by atoms with van der Waals surface area (Å²) < 4.78 is 5.88. The second-order valence-corrected chi connectivity index (χ2v) is 7.68. The fraction of sp³-hybridized carbons (Fsp3) is 0.579. The molecule has 3 amide bonds. The maximum absolute atomic E-state index is 13.3. The molecule has 0 aliphatic carbocycles. The number of pyridine rings is 1. The Morgan fingerprint density at radius 2 is 2.11 bits per heavy atom. The maximum Gasteiger partial charge on any atom is 0.257 e. The summed E-state index contributed by atoms with van der Waals surface area (Å²) in [5.41, 5.74) is 0.381. The fourth-order valence-electron chi connectivity index (χ4n) is 4.28. The van der Waals surface area contributed by atoms with Crippen LogP contribution in [0.5, 0.6) is 5.88 Å². The van der Waals surface area contributed by atoms with E-state index in [9.17, 15) is 14.4 Å². The van der Waals surface area contributed by atoms with Crippen molar-refractivity contribution >= 4 is 17.7 Å². The van der Waals surface area contributed by atoms with Crippen LogP contribution in [0.15, 0.2) is 18.3 Å². The van der Waals surface area contributed by atoms with E-state index in [-0.39, 0.29) is 48.3 Å². The van der Waals surface area contributed by atoms with Gasteiger partial charge in [0.05, 0.1) is 12.1 Å². The first-order chi connectivity index (χ1) is 13.4. The van der Waals surface area contributed by atoms with Gasteiger partial charge in [0.2, 0.25) is 17.7 Å². The molecule has 2 bridgehead atoms. The quantitative estimate of drug-likeness (QED) is 0.635. The van der Waals surface area contributed by atoms with E-state index in [4.69, 9.17) is 4.74 Å². The van der Waals surface area contributed by atoms with Gasteiger partial charge in [0.25, 0.3) is 5.91 Å². The van der Waals surface area contributed by atoms with Gasteiger partial charge in [0.15, 0.2) is 0 Å². The third kappa shape index (κ3) is 3.42. The van der Waals surface area contributed by atoms with Crippen LogP contribution in [0.25, 0.3) is 0 Å². The Bertz CT molecular complexity index is 800. The molecule has 1 N–H and O–H groups in total. The van der Waals surface area contributed by atoms with Gasteiger partial charge in [-0.15, -0.1) is 0 Å². The minimum absolute atomic E-state index is 0.0193. The zero-order valence-electron chi connectivity index (χ0n) is 16.1. The molecule has 150 valence electrons. The lowest BCUT2D eigenvalue weighted by Gasteiger charge is -2.42. The van der Waals surface area contributed by atoms with E-state index in [1.807, 2.05) is 16.8 Å². The normalized spacial score (nSPS) is 28.4. The number of aromatic nitrogens is 1. The Labute approximate surface area is 163 Å². The van der Waals surface area contributed by atoms with E-state index >= 15 is 0 Å². The van der Waals surface area contributed by atoms with Crippen LogP contribution in [0.4, 0.5) is 0 Å². The number of hydrogen-bond donors (Lipinski definition) is 1. The van der Waals surface area contributed by atoms with Gasteiger partial charge in [-0.1, -0.05) is 0 Å². The zero-order chi connectivity index (χ0) is 19.8. The van der Waals surface area contributed by atoms with Crippen molar-refractivity contribution in [2.75, 3.05) is 39.8 Å².